The fourth-order valence-electron chi connectivity index (χ4n) is 7.01. The second-order valence-electron chi connectivity index (χ2n) is 15.9. The molecule has 366 valence electrons. The molecule has 23 atom stereocenters. The van der Waals surface area contributed by atoms with E-state index in [-0.39, 0.29) is 37.8 Å². The van der Waals surface area contributed by atoms with E-state index in [1.807, 2.05) is 0 Å². The molecule has 62 heavy (non-hydrogen) atoms. The van der Waals surface area contributed by atoms with Crippen molar-refractivity contribution in [3.8, 4) is 0 Å². The third kappa shape index (κ3) is 14.6. The van der Waals surface area contributed by atoms with E-state index in [4.69, 9.17) is 73.2 Å². The summed E-state index contributed by atoms with van der Waals surface area (Å²) >= 11 is 5.27. The Hall–Kier alpha value is -0.340. The quantitative estimate of drug-likeness (QED) is 0.0482. The molecule has 7 aliphatic rings. The van der Waals surface area contributed by atoms with Gasteiger partial charge in [0.1, 0.15) is 73.2 Å². The molecular formula is C37H66Cl2O23. The molecule has 0 aliphatic carbocycles. The topological polar surface area (TPSA) is 332 Å². The van der Waals surface area contributed by atoms with Crippen LogP contribution in [0.2, 0.25) is 0 Å². The van der Waals surface area contributed by atoms with Crippen molar-refractivity contribution in [3.63, 3.8) is 0 Å². The summed E-state index contributed by atoms with van der Waals surface area (Å²) in [5.41, 5.74) is 0. The van der Waals surface area contributed by atoms with E-state index in [1.54, 1.807) is 13.8 Å². The summed E-state index contributed by atoms with van der Waals surface area (Å²) in [5.74, 6) is -0.284. The van der Waals surface area contributed by atoms with Crippen LogP contribution in [0, 0.1) is 11.8 Å². The molecule has 25 heteroatoms. The maximum Gasteiger partial charge on any atom is 0.187 e. The second-order valence-corrected chi connectivity index (χ2v) is 16.3. The van der Waals surface area contributed by atoms with Gasteiger partial charge in [0.05, 0.1) is 95.9 Å². The molecule has 0 bridgehead atoms. The van der Waals surface area contributed by atoms with Crippen LogP contribution in [-0.2, 0) is 61.6 Å². The number of ether oxygens (including phenoxy) is 13. The molecule has 0 aromatic carbocycles. The largest absolute Gasteiger partial charge is 0.394 e. The highest BCUT2D eigenvalue weighted by Crippen LogP contribution is 2.33. The zero-order valence-electron chi connectivity index (χ0n) is 34.9. The number of alkyl halides is 1. The number of hydrogen-bond donors (Lipinski definition) is 10. The first kappa shape index (κ1) is 54.3. The predicted molar refractivity (Wildman–Crippen MR) is 208 cm³/mol. The Morgan fingerprint density at radius 2 is 0.823 bits per heavy atom. The van der Waals surface area contributed by atoms with Gasteiger partial charge in [0, 0.05) is 26.1 Å². The minimum absolute atomic E-state index is 0. The Balaban J connectivity index is 0.000000249. The summed E-state index contributed by atoms with van der Waals surface area (Å²) in [6.45, 7) is 5.56. The van der Waals surface area contributed by atoms with Crippen molar-refractivity contribution in [2.24, 2.45) is 11.8 Å². The van der Waals surface area contributed by atoms with Gasteiger partial charge in [-0.3, -0.25) is 0 Å². The molecule has 7 heterocycles. The second kappa shape index (κ2) is 25.7. The average Bonchev–Trinajstić information content (AvgIpc) is 4.09. The number of epoxide rings is 3. The Morgan fingerprint density at radius 1 is 0.468 bits per heavy atom. The molecule has 10 N–H and O–H groups in total. The molecule has 7 rings (SSSR count). The fraction of sp³-hybridized carbons (Fsp3) is 1.00. The summed E-state index contributed by atoms with van der Waals surface area (Å²) in [6, 6.07) is 0. The molecule has 7 aliphatic heterocycles. The smallest absolute Gasteiger partial charge is 0.187 e. The van der Waals surface area contributed by atoms with Gasteiger partial charge in [-0.2, -0.15) is 0 Å². The summed E-state index contributed by atoms with van der Waals surface area (Å²) in [7, 11) is 2.62. The Morgan fingerprint density at radius 3 is 1.21 bits per heavy atom. The minimum atomic E-state index is -1.49. The van der Waals surface area contributed by atoms with Crippen LogP contribution in [0.5, 0.6) is 0 Å². The number of hydrogen-bond acceptors (Lipinski definition) is 23. The van der Waals surface area contributed by atoms with Crippen molar-refractivity contribution >= 4 is 24.0 Å². The zero-order chi connectivity index (χ0) is 44.5. The Kier molecular flexibility index (Phi) is 22.5. The highest BCUT2D eigenvalue weighted by molar-refractivity contribution is 6.18. The maximum absolute atomic E-state index is 10.7. The molecule has 7 saturated heterocycles. The van der Waals surface area contributed by atoms with Crippen LogP contribution in [0.1, 0.15) is 13.8 Å². The number of aliphatic hydroxyl groups excluding tert-OH is 10. The number of halogens is 2. The highest BCUT2D eigenvalue weighted by Gasteiger charge is 2.52. The van der Waals surface area contributed by atoms with Gasteiger partial charge in [0.25, 0.3) is 0 Å². The normalized spacial score (nSPS) is 47.2. The molecule has 0 aromatic rings. The van der Waals surface area contributed by atoms with E-state index < -0.39 is 136 Å². The summed E-state index contributed by atoms with van der Waals surface area (Å²) in [6.07, 6.45) is -20.8. The van der Waals surface area contributed by atoms with Crippen molar-refractivity contribution in [1.29, 1.82) is 0 Å². The standard InChI is InChI=1S/C20H34O12.C14H26O10.C3H5ClO.ClH/c1-9-12(7-26-3-10-5-28-10)30-20(16(23)14(9)21)32-18-13(8-27-4-11-6-29-11)31-19(25-2)17(24)15(18)22;1-5-6(3-15)22-14(10(19)8(5)17)24-12-7(4-16)23-13(21-2)11(20)9(12)18;4-1-3-2-5-3;/h9-24H,3-8H2,1-2H3;5-20H,3-4H2,1-2H3;3H,1-2H2;1H/t9-,10?,11?,12?,13+,14+,15?,16?,17?,18-,19-,20+;5-,6?,7+,8+,9?,10?,11?,12-,13-,14+;;/m11../s1. The lowest BCUT2D eigenvalue weighted by molar-refractivity contribution is -0.354. The number of rotatable bonds is 17. The van der Waals surface area contributed by atoms with E-state index in [1.165, 1.54) is 14.2 Å². The Bertz CT molecular complexity index is 1250. The van der Waals surface area contributed by atoms with Crippen LogP contribution in [0.25, 0.3) is 0 Å². The molecule has 0 amide bonds. The first-order chi connectivity index (χ1) is 29.2. The van der Waals surface area contributed by atoms with Gasteiger partial charge < -0.3 is 113 Å². The summed E-state index contributed by atoms with van der Waals surface area (Å²) in [5, 5.41) is 101. The molecular weight excluding hydrogens is 883 g/mol. The lowest BCUT2D eigenvalue weighted by atomic mass is 9.90. The van der Waals surface area contributed by atoms with Crippen LogP contribution < -0.4 is 0 Å². The third-order valence-electron chi connectivity index (χ3n) is 11.4. The first-order valence-corrected chi connectivity index (χ1v) is 20.9. The van der Waals surface area contributed by atoms with E-state index in [9.17, 15) is 51.1 Å². The molecule has 0 aromatic heterocycles. The molecule has 0 saturated carbocycles. The van der Waals surface area contributed by atoms with Gasteiger partial charge in [0.2, 0.25) is 0 Å². The van der Waals surface area contributed by atoms with E-state index in [0.717, 1.165) is 6.61 Å². The molecule has 7 fully saturated rings. The monoisotopic (exact) mass is 948 g/mol. The maximum atomic E-state index is 10.7. The average molecular weight is 950 g/mol. The van der Waals surface area contributed by atoms with Crippen LogP contribution in [-0.4, -0.2) is 260 Å². The van der Waals surface area contributed by atoms with Gasteiger partial charge in [-0.1, -0.05) is 13.8 Å². The van der Waals surface area contributed by atoms with E-state index >= 15 is 0 Å². The lowest BCUT2D eigenvalue weighted by Gasteiger charge is -2.46. The molecule has 11 unspecified atom stereocenters. The number of aliphatic hydroxyl groups is 10. The van der Waals surface area contributed by atoms with Crippen molar-refractivity contribution in [2.75, 3.05) is 79.6 Å². The van der Waals surface area contributed by atoms with Crippen molar-refractivity contribution in [3.05, 3.63) is 0 Å². The molecule has 23 nitrogen and oxygen atoms in total. The third-order valence-corrected chi connectivity index (χ3v) is 11.7. The predicted octanol–water partition coefficient (Wildman–Crippen LogP) is -5.04. The van der Waals surface area contributed by atoms with Crippen LogP contribution in [0.15, 0.2) is 0 Å². The first-order valence-electron chi connectivity index (χ1n) is 20.4. The van der Waals surface area contributed by atoms with Crippen molar-refractivity contribution in [2.45, 2.75) is 143 Å². The number of methoxy groups -OCH3 is 2. The van der Waals surface area contributed by atoms with Gasteiger partial charge in [-0.25, -0.2) is 0 Å². The van der Waals surface area contributed by atoms with Crippen LogP contribution in [0.3, 0.4) is 0 Å². The van der Waals surface area contributed by atoms with E-state index in [2.05, 4.69) is 0 Å². The fourth-order valence-corrected chi connectivity index (χ4v) is 7.19. The molecule has 0 spiro atoms. The SMILES string of the molecule is CO[C@@H]1O[C@@H](CO)[C@@H](O[C@@H]2OC(CO)[C@@H](C)[C@H](O)C2O)C(O)C1O.CO[C@@H]1O[C@@H](COCC2CO2)[C@@H](O[C@@H]2OC(COCC3CO3)[C@@H](C)[C@H](O)C2O)C(O)C1O.Cl.ClCC1CO1. The van der Waals surface area contributed by atoms with Gasteiger partial charge in [-0.15, -0.1) is 24.0 Å². The zero-order valence-corrected chi connectivity index (χ0v) is 36.5. The van der Waals surface area contributed by atoms with E-state index in [0.29, 0.717) is 38.4 Å². The van der Waals surface area contributed by atoms with Crippen LogP contribution in [0.4, 0.5) is 0 Å². The molecule has 0 radical (unpaired) electrons. The highest BCUT2D eigenvalue weighted by atomic mass is 35.5. The van der Waals surface area contributed by atoms with Crippen LogP contribution >= 0.6 is 24.0 Å². The minimum Gasteiger partial charge on any atom is -0.394 e. The summed E-state index contributed by atoms with van der Waals surface area (Å²) in [4.78, 5) is 0. The van der Waals surface area contributed by atoms with Gasteiger partial charge >= 0.3 is 0 Å². The van der Waals surface area contributed by atoms with Gasteiger partial charge in [-0.05, 0) is 0 Å². The van der Waals surface area contributed by atoms with Crippen molar-refractivity contribution in [1.82, 2.24) is 0 Å². The van der Waals surface area contributed by atoms with Crippen molar-refractivity contribution < 1.29 is 113 Å². The lowest BCUT2D eigenvalue weighted by Crippen LogP contribution is -2.63. The van der Waals surface area contributed by atoms with Gasteiger partial charge in [0.15, 0.2) is 25.2 Å². The Labute approximate surface area is 370 Å². The summed E-state index contributed by atoms with van der Waals surface area (Å²) < 4.78 is 69.8.